The number of amides is 2. The second kappa shape index (κ2) is 10.3. The van der Waals surface area contributed by atoms with Gasteiger partial charge in [-0.1, -0.05) is 18.6 Å². The molecule has 2 aromatic rings. The summed E-state index contributed by atoms with van der Waals surface area (Å²) >= 11 is 0. The van der Waals surface area contributed by atoms with Crippen LogP contribution in [0.1, 0.15) is 48.0 Å². The van der Waals surface area contributed by atoms with Crippen LogP contribution in [0.15, 0.2) is 48.5 Å². The van der Waals surface area contributed by atoms with Crippen molar-refractivity contribution in [1.29, 1.82) is 0 Å². The Morgan fingerprint density at radius 1 is 1.00 bits per heavy atom. The highest BCUT2D eigenvalue weighted by Gasteiger charge is 2.32. The van der Waals surface area contributed by atoms with Gasteiger partial charge in [0.05, 0.1) is 0 Å². The van der Waals surface area contributed by atoms with Crippen molar-refractivity contribution in [3.63, 3.8) is 0 Å². The number of rotatable bonds is 6. The highest BCUT2D eigenvalue weighted by atomic mass is 16.7. The van der Waals surface area contributed by atoms with Crippen molar-refractivity contribution in [1.82, 2.24) is 10.2 Å². The Hall–Kier alpha value is -3.32. The van der Waals surface area contributed by atoms with Crippen molar-refractivity contribution in [2.75, 3.05) is 31.7 Å². The van der Waals surface area contributed by atoms with Gasteiger partial charge >= 0.3 is 0 Å². The van der Waals surface area contributed by atoms with Gasteiger partial charge in [-0.25, -0.2) is 0 Å². The molecule has 3 aliphatic heterocycles. The number of fused-ring (bicyclic) bond motifs is 2. The van der Waals surface area contributed by atoms with E-state index in [9.17, 15) is 9.59 Å². The molecular formula is C27H31N3O4. The van der Waals surface area contributed by atoms with Crippen LogP contribution in [0, 0.1) is 5.92 Å². The molecule has 0 aromatic heterocycles. The standard InChI is InChI=1S/C27H31N3O4/c31-26(12-10-19-9-11-24-25(15-19)34-18-33-24)29-22-7-3-5-20(16-22)27(32)28-17-21-6-4-14-30-13-2-1-8-23(21)30/h3,5,7,9-12,15-16,21,23H,1-2,4,6,8,13-14,17-18H2,(H,28,32)(H,29,31)/t21-,23+/m0/s1. The fraction of sp³-hybridized carbons (Fsp3) is 0.407. The minimum Gasteiger partial charge on any atom is -0.454 e. The van der Waals surface area contributed by atoms with Crippen molar-refractivity contribution >= 4 is 23.6 Å². The van der Waals surface area contributed by atoms with Crippen molar-refractivity contribution in [2.45, 2.75) is 38.1 Å². The maximum absolute atomic E-state index is 12.8. The zero-order valence-corrected chi connectivity index (χ0v) is 19.3. The fourth-order valence-electron chi connectivity index (χ4n) is 5.25. The largest absolute Gasteiger partial charge is 0.454 e. The zero-order valence-electron chi connectivity index (χ0n) is 19.3. The third kappa shape index (κ3) is 5.25. The first-order chi connectivity index (χ1) is 16.7. The van der Waals surface area contributed by atoms with E-state index in [0.717, 1.165) is 5.56 Å². The first kappa shape index (κ1) is 22.5. The number of hydrogen-bond acceptors (Lipinski definition) is 5. The zero-order chi connectivity index (χ0) is 23.3. The molecule has 2 fully saturated rings. The normalized spacial score (nSPS) is 21.8. The van der Waals surface area contributed by atoms with Gasteiger partial charge in [0.15, 0.2) is 11.5 Å². The summed E-state index contributed by atoms with van der Waals surface area (Å²) in [5, 5.41) is 5.97. The van der Waals surface area contributed by atoms with Crippen LogP contribution in [0.4, 0.5) is 5.69 Å². The Kier molecular flexibility index (Phi) is 6.81. The van der Waals surface area contributed by atoms with Crippen LogP contribution in [0.2, 0.25) is 0 Å². The molecule has 2 saturated heterocycles. The number of benzene rings is 2. The molecule has 0 saturated carbocycles. The van der Waals surface area contributed by atoms with Gasteiger partial charge in [-0.2, -0.15) is 0 Å². The number of nitrogens with zero attached hydrogens (tertiary/aromatic N) is 1. The molecule has 34 heavy (non-hydrogen) atoms. The highest BCUT2D eigenvalue weighted by Crippen LogP contribution is 2.33. The number of hydrogen-bond donors (Lipinski definition) is 2. The van der Waals surface area contributed by atoms with Crippen LogP contribution in [0.25, 0.3) is 6.08 Å². The summed E-state index contributed by atoms with van der Waals surface area (Å²) in [7, 11) is 0. The van der Waals surface area contributed by atoms with Crippen LogP contribution >= 0.6 is 0 Å². The summed E-state index contributed by atoms with van der Waals surface area (Å²) in [6, 6.07) is 13.2. The molecule has 0 spiro atoms. The molecule has 0 radical (unpaired) electrons. The Morgan fingerprint density at radius 2 is 1.88 bits per heavy atom. The number of carbonyl (C=O) groups is 2. The predicted octanol–water partition coefficient (Wildman–Crippen LogP) is 4.06. The van der Waals surface area contributed by atoms with Crippen molar-refractivity contribution in [2.24, 2.45) is 5.92 Å². The predicted molar refractivity (Wildman–Crippen MR) is 131 cm³/mol. The molecule has 5 rings (SSSR count). The molecule has 2 N–H and O–H groups in total. The maximum atomic E-state index is 12.8. The third-order valence-corrected chi connectivity index (χ3v) is 6.97. The lowest BCUT2D eigenvalue weighted by molar-refractivity contribution is -0.111. The topological polar surface area (TPSA) is 79.9 Å². The molecule has 2 aromatic carbocycles. The summed E-state index contributed by atoms with van der Waals surface area (Å²) in [6.45, 7) is 3.31. The van der Waals surface area contributed by atoms with Crippen LogP contribution in [0.3, 0.4) is 0 Å². The first-order valence-corrected chi connectivity index (χ1v) is 12.2. The van der Waals surface area contributed by atoms with E-state index in [-0.39, 0.29) is 18.6 Å². The van der Waals surface area contributed by atoms with Crippen molar-refractivity contribution < 1.29 is 19.1 Å². The van der Waals surface area contributed by atoms with Crippen LogP contribution in [-0.4, -0.2) is 49.2 Å². The van der Waals surface area contributed by atoms with Crippen molar-refractivity contribution in [3.05, 3.63) is 59.7 Å². The van der Waals surface area contributed by atoms with Gasteiger partial charge < -0.3 is 25.0 Å². The SMILES string of the molecule is O=C(C=Cc1ccc2c(c1)OCO2)Nc1cccc(C(=O)NC[C@@H]2CCCN3CCCC[C@H]23)c1. The quantitative estimate of drug-likeness (QED) is 0.634. The second-order valence-electron chi connectivity index (χ2n) is 9.23. The third-order valence-electron chi connectivity index (χ3n) is 6.97. The molecule has 7 nitrogen and oxygen atoms in total. The van der Waals surface area contributed by atoms with E-state index >= 15 is 0 Å². The Labute approximate surface area is 200 Å². The van der Waals surface area contributed by atoms with E-state index in [0.29, 0.717) is 41.3 Å². The van der Waals surface area contributed by atoms with E-state index in [1.807, 2.05) is 18.2 Å². The molecule has 0 bridgehead atoms. The van der Waals surface area contributed by atoms with Gasteiger partial charge in [0.25, 0.3) is 5.91 Å². The minimum absolute atomic E-state index is 0.0973. The van der Waals surface area contributed by atoms with Gasteiger partial charge in [-0.15, -0.1) is 0 Å². The molecule has 2 amide bonds. The number of nitrogens with one attached hydrogen (secondary N) is 2. The Bertz CT molecular complexity index is 1080. The number of carbonyl (C=O) groups excluding carboxylic acids is 2. The van der Waals surface area contributed by atoms with Crippen LogP contribution < -0.4 is 20.1 Å². The highest BCUT2D eigenvalue weighted by molar-refractivity contribution is 6.03. The molecule has 2 atom stereocenters. The summed E-state index contributed by atoms with van der Waals surface area (Å²) in [5.41, 5.74) is 1.98. The lowest BCUT2D eigenvalue weighted by atomic mass is 9.83. The molecule has 178 valence electrons. The van der Waals surface area contributed by atoms with E-state index < -0.39 is 0 Å². The monoisotopic (exact) mass is 461 g/mol. The minimum atomic E-state index is -0.269. The summed E-state index contributed by atoms with van der Waals surface area (Å²) < 4.78 is 10.7. The molecular weight excluding hydrogens is 430 g/mol. The van der Waals surface area contributed by atoms with E-state index in [1.54, 1.807) is 30.3 Å². The van der Waals surface area contributed by atoms with Gasteiger partial charge in [0.1, 0.15) is 0 Å². The van der Waals surface area contributed by atoms with Crippen molar-refractivity contribution in [3.8, 4) is 11.5 Å². The van der Waals surface area contributed by atoms with Crippen LogP contribution in [0.5, 0.6) is 11.5 Å². The smallest absolute Gasteiger partial charge is 0.251 e. The molecule has 3 aliphatic rings. The lowest BCUT2D eigenvalue weighted by Gasteiger charge is -2.44. The Balaban J connectivity index is 1.15. The molecule has 7 heteroatoms. The summed E-state index contributed by atoms with van der Waals surface area (Å²) in [4.78, 5) is 27.8. The van der Waals surface area contributed by atoms with Gasteiger partial charge in [-0.05, 0) is 86.7 Å². The fourth-order valence-corrected chi connectivity index (χ4v) is 5.25. The summed E-state index contributed by atoms with van der Waals surface area (Å²) in [5.74, 6) is 1.53. The second-order valence-corrected chi connectivity index (χ2v) is 9.23. The molecule has 3 heterocycles. The summed E-state index contributed by atoms with van der Waals surface area (Å²) in [6.07, 6.45) is 9.37. The van der Waals surface area contributed by atoms with E-state index in [1.165, 1.54) is 51.3 Å². The van der Waals surface area contributed by atoms with Gasteiger partial charge in [0, 0.05) is 29.9 Å². The molecule has 0 aliphatic carbocycles. The maximum Gasteiger partial charge on any atom is 0.251 e. The average Bonchev–Trinajstić information content (AvgIpc) is 3.34. The average molecular weight is 462 g/mol. The Morgan fingerprint density at radius 3 is 2.82 bits per heavy atom. The van der Waals surface area contributed by atoms with Gasteiger partial charge in [0.2, 0.25) is 12.7 Å². The van der Waals surface area contributed by atoms with E-state index in [2.05, 4.69) is 15.5 Å². The number of piperidine rings is 2. The molecule has 0 unspecified atom stereocenters. The first-order valence-electron chi connectivity index (χ1n) is 12.2. The lowest BCUT2D eigenvalue weighted by Crippen LogP contribution is -2.51. The number of ether oxygens (including phenoxy) is 2. The van der Waals surface area contributed by atoms with E-state index in [4.69, 9.17) is 9.47 Å². The van der Waals surface area contributed by atoms with Gasteiger partial charge in [-0.3, -0.25) is 9.59 Å². The number of anilines is 1. The van der Waals surface area contributed by atoms with Crippen LogP contribution in [-0.2, 0) is 4.79 Å².